The van der Waals surface area contributed by atoms with Gasteiger partial charge in [0.2, 0.25) is 5.91 Å². The highest BCUT2D eigenvalue weighted by Crippen LogP contribution is 2.30. The molecule has 0 saturated carbocycles. The first-order valence-corrected chi connectivity index (χ1v) is 11.1. The average Bonchev–Trinajstić information content (AvgIpc) is 3.14. The highest BCUT2D eigenvalue weighted by Gasteiger charge is 2.09. The van der Waals surface area contributed by atoms with Crippen LogP contribution in [0.25, 0.3) is 0 Å². The Hall–Kier alpha value is -2.03. The van der Waals surface area contributed by atoms with Crippen LogP contribution in [0.4, 0.5) is 11.4 Å². The lowest BCUT2D eigenvalue weighted by Gasteiger charge is -2.12. The molecule has 5 nitrogen and oxygen atoms in total. The standard InChI is InChI=1S/C19H20N4OS3/c1-23(2)16-10-8-15(9-11-16)20-17(24)13-26-19-22-21-18(27-19)25-12-14-6-4-3-5-7-14/h3-11H,12-13H2,1-2H3,(H,20,24). The summed E-state index contributed by atoms with van der Waals surface area (Å²) < 4.78 is 1.73. The Morgan fingerprint density at radius 2 is 1.67 bits per heavy atom. The van der Waals surface area contributed by atoms with Gasteiger partial charge in [-0.1, -0.05) is 65.2 Å². The zero-order valence-electron chi connectivity index (χ0n) is 15.1. The number of carbonyl (C=O) groups is 1. The summed E-state index contributed by atoms with van der Waals surface area (Å²) >= 11 is 4.60. The lowest BCUT2D eigenvalue weighted by atomic mass is 10.2. The predicted octanol–water partition coefficient (Wildman–Crippen LogP) is 4.63. The molecule has 1 heterocycles. The number of thioether (sulfide) groups is 2. The van der Waals surface area contributed by atoms with Gasteiger partial charge in [0.15, 0.2) is 8.68 Å². The average molecular weight is 417 g/mol. The van der Waals surface area contributed by atoms with E-state index in [0.717, 1.165) is 25.8 Å². The Balaban J connectivity index is 1.44. The zero-order chi connectivity index (χ0) is 19.1. The van der Waals surface area contributed by atoms with Crippen molar-refractivity contribution in [2.75, 3.05) is 30.1 Å². The van der Waals surface area contributed by atoms with Gasteiger partial charge in [-0.3, -0.25) is 4.79 Å². The number of hydrogen-bond donors (Lipinski definition) is 1. The highest BCUT2D eigenvalue weighted by atomic mass is 32.2. The monoisotopic (exact) mass is 416 g/mol. The largest absolute Gasteiger partial charge is 0.378 e. The van der Waals surface area contributed by atoms with Crippen molar-refractivity contribution in [3.63, 3.8) is 0 Å². The lowest BCUT2D eigenvalue weighted by molar-refractivity contribution is -0.113. The summed E-state index contributed by atoms with van der Waals surface area (Å²) in [6, 6.07) is 18.0. The van der Waals surface area contributed by atoms with Gasteiger partial charge >= 0.3 is 0 Å². The van der Waals surface area contributed by atoms with E-state index in [2.05, 4.69) is 27.6 Å². The number of carbonyl (C=O) groups excluding carboxylic acids is 1. The molecule has 140 valence electrons. The van der Waals surface area contributed by atoms with Gasteiger partial charge in [0.05, 0.1) is 5.75 Å². The molecule has 1 N–H and O–H groups in total. The maximum atomic E-state index is 12.1. The molecule has 27 heavy (non-hydrogen) atoms. The van der Waals surface area contributed by atoms with Gasteiger partial charge in [0.1, 0.15) is 0 Å². The molecule has 1 aromatic heterocycles. The van der Waals surface area contributed by atoms with Crippen LogP contribution in [-0.2, 0) is 10.5 Å². The maximum absolute atomic E-state index is 12.1. The fourth-order valence-electron chi connectivity index (χ4n) is 2.20. The number of amides is 1. The second-order valence-electron chi connectivity index (χ2n) is 5.89. The molecular formula is C19H20N4OS3. The normalized spacial score (nSPS) is 10.6. The van der Waals surface area contributed by atoms with Crippen LogP contribution >= 0.6 is 34.9 Å². The van der Waals surface area contributed by atoms with Crippen LogP contribution in [0, 0.1) is 0 Å². The van der Waals surface area contributed by atoms with Gasteiger partial charge in [-0.15, -0.1) is 10.2 Å². The summed E-state index contributed by atoms with van der Waals surface area (Å²) in [4.78, 5) is 14.1. The molecule has 0 aliphatic heterocycles. The SMILES string of the molecule is CN(C)c1ccc(NC(=O)CSc2nnc(SCc3ccccc3)s2)cc1. The smallest absolute Gasteiger partial charge is 0.234 e. The number of hydrogen-bond acceptors (Lipinski definition) is 7. The van der Waals surface area contributed by atoms with E-state index in [1.54, 1.807) is 11.8 Å². The van der Waals surface area contributed by atoms with Crippen molar-refractivity contribution >= 4 is 52.1 Å². The summed E-state index contributed by atoms with van der Waals surface area (Å²) in [5, 5.41) is 11.3. The Morgan fingerprint density at radius 1 is 1.00 bits per heavy atom. The number of benzene rings is 2. The van der Waals surface area contributed by atoms with Crippen LogP contribution in [0.5, 0.6) is 0 Å². The van der Waals surface area contributed by atoms with E-state index < -0.39 is 0 Å². The summed E-state index contributed by atoms with van der Waals surface area (Å²) in [5.41, 5.74) is 3.14. The molecule has 0 atom stereocenters. The van der Waals surface area contributed by atoms with E-state index in [4.69, 9.17) is 0 Å². The van der Waals surface area contributed by atoms with E-state index in [-0.39, 0.29) is 5.91 Å². The molecule has 3 aromatic rings. The van der Waals surface area contributed by atoms with Crippen LogP contribution in [0.15, 0.2) is 63.3 Å². The topological polar surface area (TPSA) is 58.1 Å². The minimum atomic E-state index is -0.0497. The first-order chi connectivity index (χ1) is 13.1. The quantitative estimate of drug-likeness (QED) is 0.541. The van der Waals surface area contributed by atoms with Crippen LogP contribution in [0.1, 0.15) is 5.56 Å². The molecule has 0 saturated heterocycles. The molecule has 0 bridgehead atoms. The summed E-state index contributed by atoms with van der Waals surface area (Å²) in [6.07, 6.45) is 0. The maximum Gasteiger partial charge on any atom is 0.234 e. The van der Waals surface area contributed by atoms with Crippen molar-refractivity contribution in [3.05, 3.63) is 60.2 Å². The van der Waals surface area contributed by atoms with Crippen LogP contribution in [-0.4, -0.2) is 36.0 Å². The summed E-state index contributed by atoms with van der Waals surface area (Å²) in [7, 11) is 3.97. The third-order valence-corrected chi connectivity index (χ3v) is 6.85. The molecule has 1 amide bonds. The van der Waals surface area contributed by atoms with Crippen molar-refractivity contribution in [3.8, 4) is 0 Å². The van der Waals surface area contributed by atoms with Gasteiger partial charge in [0.25, 0.3) is 0 Å². The number of rotatable bonds is 8. The second kappa shape index (κ2) is 9.77. The minimum Gasteiger partial charge on any atom is -0.378 e. The van der Waals surface area contributed by atoms with E-state index in [9.17, 15) is 4.79 Å². The fraction of sp³-hybridized carbons (Fsp3) is 0.211. The molecule has 0 spiro atoms. The van der Waals surface area contributed by atoms with Gasteiger partial charge in [0, 0.05) is 31.2 Å². The van der Waals surface area contributed by atoms with Gasteiger partial charge in [-0.2, -0.15) is 0 Å². The molecule has 0 unspecified atom stereocenters. The fourth-order valence-corrected chi connectivity index (χ4v) is 4.98. The number of nitrogens with zero attached hydrogens (tertiary/aromatic N) is 3. The van der Waals surface area contributed by atoms with Crippen LogP contribution in [0.2, 0.25) is 0 Å². The Labute approximate surface area is 171 Å². The Bertz CT molecular complexity index is 866. The molecule has 3 rings (SSSR count). The first-order valence-electron chi connectivity index (χ1n) is 8.30. The highest BCUT2D eigenvalue weighted by molar-refractivity contribution is 8.03. The summed E-state index contributed by atoms with van der Waals surface area (Å²) in [6.45, 7) is 0. The lowest BCUT2D eigenvalue weighted by Crippen LogP contribution is -2.14. The van der Waals surface area contributed by atoms with Gasteiger partial charge in [-0.25, -0.2) is 0 Å². The van der Waals surface area contributed by atoms with Crippen molar-refractivity contribution in [2.24, 2.45) is 0 Å². The number of aromatic nitrogens is 2. The van der Waals surface area contributed by atoms with Crippen molar-refractivity contribution in [1.82, 2.24) is 10.2 Å². The minimum absolute atomic E-state index is 0.0497. The van der Waals surface area contributed by atoms with Gasteiger partial charge < -0.3 is 10.2 Å². The Kier molecular flexibility index (Phi) is 7.14. The number of nitrogens with one attached hydrogen (secondary N) is 1. The first kappa shape index (κ1) is 19.7. The predicted molar refractivity (Wildman–Crippen MR) is 116 cm³/mol. The zero-order valence-corrected chi connectivity index (χ0v) is 17.5. The van der Waals surface area contributed by atoms with Crippen LogP contribution in [0.3, 0.4) is 0 Å². The van der Waals surface area contributed by atoms with Crippen molar-refractivity contribution in [1.29, 1.82) is 0 Å². The van der Waals surface area contributed by atoms with E-state index in [0.29, 0.717) is 5.75 Å². The van der Waals surface area contributed by atoms with Crippen molar-refractivity contribution in [2.45, 2.75) is 14.4 Å². The molecule has 8 heteroatoms. The van der Waals surface area contributed by atoms with E-state index in [1.165, 1.54) is 28.7 Å². The molecule has 2 aromatic carbocycles. The molecule has 0 radical (unpaired) electrons. The van der Waals surface area contributed by atoms with Crippen molar-refractivity contribution < 1.29 is 4.79 Å². The number of anilines is 2. The second-order valence-corrected chi connectivity index (χ2v) is 9.31. The van der Waals surface area contributed by atoms with E-state index >= 15 is 0 Å². The molecular weight excluding hydrogens is 396 g/mol. The third kappa shape index (κ3) is 6.27. The summed E-state index contributed by atoms with van der Waals surface area (Å²) in [5.74, 6) is 1.13. The van der Waals surface area contributed by atoms with Crippen LogP contribution < -0.4 is 10.2 Å². The van der Waals surface area contributed by atoms with Gasteiger partial charge in [-0.05, 0) is 29.8 Å². The Morgan fingerprint density at radius 3 is 2.33 bits per heavy atom. The third-order valence-electron chi connectivity index (χ3n) is 3.59. The van der Waals surface area contributed by atoms with E-state index in [1.807, 2.05) is 61.5 Å². The molecule has 0 aliphatic rings. The molecule has 0 fully saturated rings. The molecule has 0 aliphatic carbocycles.